The van der Waals surface area contributed by atoms with Crippen LogP contribution in [0.3, 0.4) is 0 Å². The third-order valence-corrected chi connectivity index (χ3v) is 7.00. The number of phenolic OH excluding ortho intramolecular Hbond substituents is 1. The number of rotatable bonds is 3. The van der Waals surface area contributed by atoms with Crippen molar-refractivity contribution < 1.29 is 22.1 Å². The maximum atomic E-state index is 11.1. The van der Waals surface area contributed by atoms with Crippen molar-refractivity contribution >= 4 is 30.5 Å². The second-order valence-electron chi connectivity index (χ2n) is 9.12. The van der Waals surface area contributed by atoms with E-state index in [1.807, 2.05) is 42.6 Å². The third-order valence-electron chi connectivity index (χ3n) is 7.00. The predicted octanol–water partition coefficient (Wildman–Crippen LogP) is 7.30. The van der Waals surface area contributed by atoms with Crippen molar-refractivity contribution in [1.82, 2.24) is 0 Å². The van der Waals surface area contributed by atoms with Gasteiger partial charge in [-0.25, -0.2) is 0 Å². The van der Waals surface area contributed by atoms with Crippen molar-refractivity contribution in [1.29, 1.82) is 0 Å². The summed E-state index contributed by atoms with van der Waals surface area (Å²) >= 11 is -0.556. The summed E-state index contributed by atoms with van der Waals surface area (Å²) in [7, 11) is 9.78. The number of hydrogen-bond acceptors (Lipinski definition) is 2. The summed E-state index contributed by atoms with van der Waals surface area (Å²) < 4.78 is 0. The first kappa shape index (κ1) is 21.4. The van der Waals surface area contributed by atoms with Gasteiger partial charge in [0.05, 0.1) is 0 Å². The Hall–Kier alpha value is -0.796. The molecule has 0 aliphatic heterocycles. The molecule has 0 saturated heterocycles. The van der Waals surface area contributed by atoms with E-state index in [2.05, 4.69) is 18.0 Å². The van der Waals surface area contributed by atoms with E-state index in [0.717, 1.165) is 29.0 Å². The summed E-state index contributed by atoms with van der Waals surface area (Å²) in [5, 5.41) is 11.1. The fourth-order valence-corrected chi connectivity index (χ4v) is 6.39. The van der Waals surface area contributed by atoms with Crippen LogP contribution >= 0.6 is 18.6 Å². The fraction of sp³-hybridized carbons (Fsp3) is 0.458. The van der Waals surface area contributed by atoms with Crippen molar-refractivity contribution in [3.8, 4) is 5.75 Å². The molecule has 4 aliphatic carbocycles. The Bertz CT molecular complexity index is 849. The van der Waals surface area contributed by atoms with E-state index < -0.39 is 17.0 Å². The van der Waals surface area contributed by atoms with Gasteiger partial charge in [-0.15, -0.1) is 0 Å². The monoisotopic (exact) mass is 463 g/mol. The Morgan fingerprint density at radius 1 is 1.00 bits per heavy atom. The zero-order valence-corrected chi connectivity index (χ0v) is 19.8. The molecule has 0 aromatic heterocycles. The maximum absolute atomic E-state index is 11.1. The molecule has 2 aromatic carbocycles. The molecule has 4 saturated carbocycles. The zero-order chi connectivity index (χ0) is 20.4. The van der Waals surface area contributed by atoms with Gasteiger partial charge in [0, 0.05) is 11.8 Å². The van der Waals surface area contributed by atoms with Crippen LogP contribution in [0.2, 0.25) is 0 Å². The first-order valence-electron chi connectivity index (χ1n) is 10.4. The van der Waals surface area contributed by atoms with Crippen molar-refractivity contribution in [3.05, 3.63) is 59.2 Å². The Morgan fingerprint density at radius 3 is 2.10 bits per heavy atom. The second-order valence-corrected chi connectivity index (χ2v) is 11.7. The normalized spacial score (nSPS) is 29.6. The summed E-state index contributed by atoms with van der Waals surface area (Å²) in [6.45, 7) is 2.13. The molecular weight excluding hydrogens is 437 g/mol. The average Bonchev–Trinajstić information content (AvgIpc) is 2.69. The average molecular weight is 464 g/mol. The van der Waals surface area contributed by atoms with Gasteiger partial charge < -0.3 is 5.11 Å². The van der Waals surface area contributed by atoms with E-state index in [4.69, 9.17) is 18.6 Å². The van der Waals surface area contributed by atoms with Gasteiger partial charge in [-0.2, -0.15) is 0 Å². The predicted molar refractivity (Wildman–Crippen MR) is 118 cm³/mol. The minimum atomic E-state index is -0.556. The molecule has 4 bridgehead atoms. The van der Waals surface area contributed by atoms with Gasteiger partial charge in [0.25, 0.3) is 0 Å². The van der Waals surface area contributed by atoms with Crippen molar-refractivity contribution in [2.24, 2.45) is 22.7 Å². The Morgan fingerprint density at radius 2 is 1.55 bits per heavy atom. The molecule has 0 unspecified atom stereocenters. The van der Waals surface area contributed by atoms with Crippen LogP contribution in [0.4, 0.5) is 5.69 Å². The number of hydrogen-bond donors (Lipinski definition) is 1. The molecule has 6 rings (SSSR count). The second kappa shape index (κ2) is 9.14. The number of halogens is 2. The van der Waals surface area contributed by atoms with E-state index in [0.29, 0.717) is 5.75 Å². The SMILES string of the molecule is Cc1cc(N=Cc2ccccc2)c(O)c(C23CC4CC(CC(C4)C2)C3)c1.[Cl][Ti][Cl]. The Kier molecular flexibility index (Phi) is 6.76. The Labute approximate surface area is 190 Å². The van der Waals surface area contributed by atoms with Crippen LogP contribution in [0.5, 0.6) is 5.75 Å². The number of nitrogens with zero attached hydrogens (tertiary/aromatic N) is 1. The summed E-state index contributed by atoms with van der Waals surface area (Å²) in [5.74, 6) is 3.04. The number of phenols is 1. The van der Waals surface area contributed by atoms with Gasteiger partial charge in [0.15, 0.2) is 0 Å². The number of benzene rings is 2. The summed E-state index contributed by atoms with van der Waals surface area (Å²) in [4.78, 5) is 4.65. The van der Waals surface area contributed by atoms with Gasteiger partial charge in [-0.3, -0.25) is 4.99 Å². The van der Waals surface area contributed by atoms with Gasteiger partial charge in [-0.05, 0) is 85.8 Å². The van der Waals surface area contributed by atoms with E-state index >= 15 is 0 Å². The number of aryl methyl sites for hydroxylation is 1. The standard InChI is InChI=1S/C24H27NO.2ClH.Ti/c1-16-7-21(24-12-18-9-19(13-24)11-20(10-18)14-24)23(26)22(8-16)25-15-17-5-3-2-4-6-17;;;/h2-8,15,18-20,26H,9-14H2,1H3;2*1H;/q;;;+2/p-2. The van der Waals surface area contributed by atoms with Gasteiger partial charge in [-0.1, -0.05) is 36.4 Å². The van der Waals surface area contributed by atoms with E-state index in [1.54, 1.807) is 0 Å². The topological polar surface area (TPSA) is 32.6 Å². The van der Waals surface area contributed by atoms with E-state index in [1.165, 1.54) is 49.7 Å². The first-order valence-corrected chi connectivity index (χ1v) is 14.7. The molecule has 0 spiro atoms. The van der Waals surface area contributed by atoms with Crippen LogP contribution < -0.4 is 0 Å². The van der Waals surface area contributed by atoms with Crippen molar-refractivity contribution in [2.45, 2.75) is 50.9 Å². The fourth-order valence-electron chi connectivity index (χ4n) is 6.39. The van der Waals surface area contributed by atoms with Crippen LogP contribution in [-0.4, -0.2) is 11.3 Å². The van der Waals surface area contributed by atoms with Crippen LogP contribution in [-0.2, 0) is 22.4 Å². The molecule has 2 aromatic rings. The van der Waals surface area contributed by atoms with Crippen molar-refractivity contribution in [3.63, 3.8) is 0 Å². The molecule has 4 fully saturated rings. The quantitative estimate of drug-likeness (QED) is 0.376. The van der Waals surface area contributed by atoms with Crippen LogP contribution in [0.1, 0.15) is 55.2 Å². The molecule has 0 radical (unpaired) electrons. The summed E-state index contributed by atoms with van der Waals surface area (Å²) in [6, 6.07) is 14.4. The molecule has 152 valence electrons. The van der Waals surface area contributed by atoms with E-state index in [9.17, 15) is 5.11 Å². The summed E-state index contributed by atoms with van der Waals surface area (Å²) in [6.07, 6.45) is 9.91. The van der Waals surface area contributed by atoms with E-state index in [-0.39, 0.29) is 5.41 Å². The number of aliphatic imine (C=N–C) groups is 1. The van der Waals surface area contributed by atoms with Crippen LogP contribution in [0.25, 0.3) is 0 Å². The third kappa shape index (κ3) is 4.61. The van der Waals surface area contributed by atoms with Gasteiger partial charge >= 0.3 is 35.6 Å². The minimum absolute atomic E-state index is 0.196. The first-order chi connectivity index (χ1) is 14.0. The molecular formula is C24H27Cl2NOTi. The molecule has 5 heteroatoms. The van der Waals surface area contributed by atoms with Gasteiger partial charge in [0.1, 0.15) is 11.4 Å². The van der Waals surface area contributed by atoms with Crippen LogP contribution in [0.15, 0.2) is 47.5 Å². The summed E-state index contributed by atoms with van der Waals surface area (Å²) in [5.41, 5.74) is 4.36. The van der Waals surface area contributed by atoms with Crippen molar-refractivity contribution in [2.75, 3.05) is 0 Å². The zero-order valence-electron chi connectivity index (χ0n) is 16.7. The molecule has 1 N–H and O–H groups in total. The molecule has 4 aliphatic rings. The Balaban J connectivity index is 0.000000645. The molecule has 29 heavy (non-hydrogen) atoms. The molecule has 0 heterocycles. The number of aromatic hydroxyl groups is 1. The van der Waals surface area contributed by atoms with Gasteiger partial charge in [0.2, 0.25) is 0 Å². The van der Waals surface area contributed by atoms with Crippen LogP contribution in [0, 0.1) is 24.7 Å². The molecule has 0 atom stereocenters. The molecule has 0 amide bonds. The molecule has 2 nitrogen and oxygen atoms in total.